The number of hydrogen-bond donors (Lipinski definition) is 1. The number of ether oxygens (including phenoxy) is 1. The average molecular weight is 291 g/mol. The minimum atomic E-state index is 0.279. The lowest BCUT2D eigenvalue weighted by atomic mass is 10.0. The molecule has 0 amide bonds. The summed E-state index contributed by atoms with van der Waals surface area (Å²) in [5, 5.41) is 0. The van der Waals surface area contributed by atoms with Crippen LogP contribution in [0.4, 0.5) is 0 Å². The second-order valence-corrected chi connectivity index (χ2v) is 6.04. The lowest BCUT2D eigenvalue weighted by molar-refractivity contribution is 0.162. The van der Waals surface area contributed by atoms with E-state index in [1.807, 2.05) is 6.07 Å². The van der Waals surface area contributed by atoms with E-state index < -0.39 is 0 Å². The molecular weight excluding hydrogens is 262 g/mol. The van der Waals surface area contributed by atoms with E-state index >= 15 is 0 Å². The number of para-hydroxylation sites is 1. The number of nitrogens with zero attached hydrogens (tertiary/aromatic N) is 2. The van der Waals surface area contributed by atoms with Crippen molar-refractivity contribution >= 4 is 0 Å². The summed E-state index contributed by atoms with van der Waals surface area (Å²) in [6, 6.07) is 8.63. The molecule has 0 aliphatic carbocycles. The Morgan fingerprint density at radius 1 is 1.19 bits per heavy atom. The van der Waals surface area contributed by atoms with Crippen LogP contribution in [-0.4, -0.2) is 56.7 Å². The van der Waals surface area contributed by atoms with E-state index in [0.29, 0.717) is 13.2 Å². The van der Waals surface area contributed by atoms with Gasteiger partial charge in [0.25, 0.3) is 0 Å². The molecule has 1 aliphatic rings. The normalized spacial score (nSPS) is 17.9. The summed E-state index contributed by atoms with van der Waals surface area (Å²) in [5.74, 6) is 0.986. The van der Waals surface area contributed by atoms with Gasteiger partial charge in [0.2, 0.25) is 0 Å². The van der Waals surface area contributed by atoms with Crippen LogP contribution in [0.25, 0.3) is 0 Å². The number of rotatable bonds is 7. The van der Waals surface area contributed by atoms with Gasteiger partial charge in [-0.05, 0) is 46.1 Å². The summed E-state index contributed by atoms with van der Waals surface area (Å²) in [6.45, 7) is 4.57. The van der Waals surface area contributed by atoms with E-state index in [9.17, 15) is 0 Å². The molecule has 1 aromatic rings. The van der Waals surface area contributed by atoms with Crippen molar-refractivity contribution in [3.8, 4) is 5.75 Å². The van der Waals surface area contributed by atoms with Crippen molar-refractivity contribution < 1.29 is 4.74 Å². The van der Waals surface area contributed by atoms with Gasteiger partial charge in [-0.2, -0.15) is 0 Å². The summed E-state index contributed by atoms with van der Waals surface area (Å²) in [7, 11) is 4.12. The van der Waals surface area contributed by atoms with E-state index in [0.717, 1.165) is 25.4 Å². The molecule has 1 heterocycles. The first-order chi connectivity index (χ1) is 10.2. The van der Waals surface area contributed by atoms with Gasteiger partial charge in [-0.15, -0.1) is 0 Å². The molecule has 1 unspecified atom stereocenters. The largest absolute Gasteiger partial charge is 0.492 e. The van der Waals surface area contributed by atoms with Gasteiger partial charge in [-0.3, -0.25) is 4.90 Å². The molecule has 21 heavy (non-hydrogen) atoms. The van der Waals surface area contributed by atoms with E-state index in [1.54, 1.807) is 0 Å². The first-order valence-electron chi connectivity index (χ1n) is 8.03. The Balaban J connectivity index is 2.08. The van der Waals surface area contributed by atoms with Crippen LogP contribution >= 0.6 is 0 Å². The predicted octanol–water partition coefficient (Wildman–Crippen LogP) is 2.11. The predicted molar refractivity (Wildman–Crippen MR) is 87.7 cm³/mol. The highest BCUT2D eigenvalue weighted by atomic mass is 16.5. The number of nitrogens with two attached hydrogens (primary N) is 1. The monoisotopic (exact) mass is 291 g/mol. The van der Waals surface area contributed by atoms with Crippen LogP contribution in [0.5, 0.6) is 5.75 Å². The average Bonchev–Trinajstić information content (AvgIpc) is 2.50. The zero-order chi connectivity index (χ0) is 15.1. The minimum absolute atomic E-state index is 0.279. The third-order valence-corrected chi connectivity index (χ3v) is 4.13. The maximum absolute atomic E-state index is 6.08. The van der Waals surface area contributed by atoms with Crippen molar-refractivity contribution in [1.29, 1.82) is 0 Å². The molecule has 1 atom stereocenters. The van der Waals surface area contributed by atoms with Gasteiger partial charge in [-0.1, -0.05) is 24.6 Å². The van der Waals surface area contributed by atoms with Crippen LogP contribution in [-0.2, 0) is 0 Å². The van der Waals surface area contributed by atoms with Gasteiger partial charge in [0.05, 0.1) is 6.04 Å². The van der Waals surface area contributed by atoms with Crippen LogP contribution in [0.15, 0.2) is 24.3 Å². The molecule has 1 aliphatic heterocycles. The van der Waals surface area contributed by atoms with E-state index in [2.05, 4.69) is 42.1 Å². The third-order valence-electron chi connectivity index (χ3n) is 4.13. The van der Waals surface area contributed by atoms with Gasteiger partial charge in [0.15, 0.2) is 0 Å². The molecule has 0 radical (unpaired) electrons. The van der Waals surface area contributed by atoms with Gasteiger partial charge in [0, 0.05) is 18.7 Å². The Bertz CT molecular complexity index is 416. The summed E-state index contributed by atoms with van der Waals surface area (Å²) in [4.78, 5) is 4.64. The fraction of sp³-hybridized carbons (Fsp3) is 0.647. The van der Waals surface area contributed by atoms with Crippen molar-refractivity contribution in [1.82, 2.24) is 9.80 Å². The van der Waals surface area contributed by atoms with Crippen molar-refractivity contribution in [3.05, 3.63) is 29.8 Å². The van der Waals surface area contributed by atoms with E-state index in [-0.39, 0.29) is 6.04 Å². The SMILES string of the molecule is CN(C)CCOc1ccccc1C(CN)N1CCCCC1. The van der Waals surface area contributed by atoms with Crippen LogP contribution < -0.4 is 10.5 Å². The second kappa shape index (κ2) is 8.37. The molecule has 0 saturated carbocycles. The van der Waals surface area contributed by atoms with Crippen LogP contribution in [0.3, 0.4) is 0 Å². The fourth-order valence-corrected chi connectivity index (χ4v) is 2.93. The summed E-state index contributed by atoms with van der Waals surface area (Å²) < 4.78 is 6.00. The number of piperidine rings is 1. The minimum Gasteiger partial charge on any atom is -0.492 e. The molecule has 118 valence electrons. The Morgan fingerprint density at radius 3 is 2.57 bits per heavy atom. The second-order valence-electron chi connectivity index (χ2n) is 6.04. The Kier molecular flexibility index (Phi) is 6.49. The van der Waals surface area contributed by atoms with Crippen molar-refractivity contribution in [2.75, 3.05) is 46.9 Å². The molecule has 1 aromatic carbocycles. The van der Waals surface area contributed by atoms with Gasteiger partial charge in [0.1, 0.15) is 12.4 Å². The molecule has 1 fully saturated rings. The molecule has 2 rings (SSSR count). The zero-order valence-electron chi connectivity index (χ0n) is 13.4. The molecule has 4 nitrogen and oxygen atoms in total. The standard InChI is InChI=1S/C17H29N3O/c1-19(2)12-13-21-17-9-5-4-8-15(17)16(14-18)20-10-6-3-7-11-20/h4-5,8-9,16H,3,6-7,10-14,18H2,1-2H3. The van der Waals surface area contributed by atoms with Crippen molar-refractivity contribution in [2.24, 2.45) is 5.73 Å². The van der Waals surface area contributed by atoms with Crippen molar-refractivity contribution in [2.45, 2.75) is 25.3 Å². The number of likely N-dealkylation sites (N-methyl/N-ethyl adjacent to an activating group) is 1. The smallest absolute Gasteiger partial charge is 0.124 e. The molecular formula is C17H29N3O. The molecule has 0 spiro atoms. The topological polar surface area (TPSA) is 41.7 Å². The maximum Gasteiger partial charge on any atom is 0.124 e. The van der Waals surface area contributed by atoms with Gasteiger partial charge >= 0.3 is 0 Å². The Morgan fingerprint density at radius 2 is 1.90 bits per heavy atom. The lowest BCUT2D eigenvalue weighted by Gasteiger charge is -2.34. The highest BCUT2D eigenvalue weighted by Gasteiger charge is 2.23. The van der Waals surface area contributed by atoms with Gasteiger partial charge < -0.3 is 15.4 Å². The number of benzene rings is 1. The van der Waals surface area contributed by atoms with Crippen LogP contribution in [0, 0.1) is 0 Å². The molecule has 4 heteroatoms. The first kappa shape index (κ1) is 16.3. The quantitative estimate of drug-likeness (QED) is 0.835. The van der Waals surface area contributed by atoms with Crippen molar-refractivity contribution in [3.63, 3.8) is 0 Å². The first-order valence-corrected chi connectivity index (χ1v) is 8.03. The Hall–Kier alpha value is -1.10. The molecule has 1 saturated heterocycles. The van der Waals surface area contributed by atoms with E-state index in [4.69, 9.17) is 10.5 Å². The van der Waals surface area contributed by atoms with Crippen LogP contribution in [0.2, 0.25) is 0 Å². The zero-order valence-corrected chi connectivity index (χ0v) is 13.4. The summed E-state index contributed by atoms with van der Waals surface area (Å²) in [5.41, 5.74) is 7.31. The number of likely N-dealkylation sites (tertiary alicyclic amines) is 1. The highest BCUT2D eigenvalue weighted by Crippen LogP contribution is 2.30. The van der Waals surface area contributed by atoms with Gasteiger partial charge in [-0.25, -0.2) is 0 Å². The maximum atomic E-state index is 6.08. The Labute approximate surface area is 128 Å². The third kappa shape index (κ3) is 4.70. The fourth-order valence-electron chi connectivity index (χ4n) is 2.93. The lowest BCUT2D eigenvalue weighted by Crippen LogP contribution is -2.37. The van der Waals surface area contributed by atoms with Crippen LogP contribution in [0.1, 0.15) is 30.9 Å². The molecule has 0 aromatic heterocycles. The highest BCUT2D eigenvalue weighted by molar-refractivity contribution is 5.36. The molecule has 0 bridgehead atoms. The summed E-state index contributed by atoms with van der Waals surface area (Å²) in [6.07, 6.45) is 3.90. The van der Waals surface area contributed by atoms with E-state index in [1.165, 1.54) is 24.8 Å². The molecule has 2 N–H and O–H groups in total. The summed E-state index contributed by atoms with van der Waals surface area (Å²) >= 11 is 0. The number of hydrogen-bond acceptors (Lipinski definition) is 4.